The number of aryl methyl sites for hydroxylation is 1. The predicted molar refractivity (Wildman–Crippen MR) is 88.0 cm³/mol. The van der Waals surface area contributed by atoms with Gasteiger partial charge in [-0.05, 0) is 41.4 Å². The Labute approximate surface area is 137 Å². The van der Waals surface area contributed by atoms with E-state index in [1.165, 1.54) is 6.92 Å². The molecule has 1 heterocycles. The molecule has 0 spiro atoms. The molecule has 0 aliphatic carbocycles. The van der Waals surface area contributed by atoms with Gasteiger partial charge in [0, 0.05) is 30.5 Å². The van der Waals surface area contributed by atoms with Gasteiger partial charge in [0.2, 0.25) is 0 Å². The number of carbonyl (C=O) groups excluding carboxylic acids is 2. The van der Waals surface area contributed by atoms with Crippen LogP contribution in [0, 0.1) is 0 Å². The molecule has 0 atom stereocenters. The van der Waals surface area contributed by atoms with E-state index in [4.69, 9.17) is 0 Å². The van der Waals surface area contributed by atoms with Crippen molar-refractivity contribution in [3.05, 3.63) is 46.7 Å². The summed E-state index contributed by atoms with van der Waals surface area (Å²) in [6, 6.07) is 6.56. The highest BCUT2D eigenvalue weighted by Gasteiger charge is 2.04. The third-order valence-electron chi connectivity index (χ3n) is 2.98. The van der Waals surface area contributed by atoms with Crippen molar-refractivity contribution in [1.82, 2.24) is 15.1 Å². The van der Waals surface area contributed by atoms with Gasteiger partial charge >= 0.3 is 6.03 Å². The molecule has 0 bridgehead atoms. The van der Waals surface area contributed by atoms with Crippen molar-refractivity contribution >= 4 is 33.4 Å². The van der Waals surface area contributed by atoms with E-state index in [9.17, 15) is 9.59 Å². The highest BCUT2D eigenvalue weighted by molar-refractivity contribution is 9.10. The molecular formula is C15H17BrN4O2. The zero-order valence-electron chi connectivity index (χ0n) is 12.2. The molecule has 6 nitrogen and oxygen atoms in total. The van der Waals surface area contributed by atoms with Gasteiger partial charge < -0.3 is 10.6 Å². The summed E-state index contributed by atoms with van der Waals surface area (Å²) in [5.74, 6) is -0.0329. The third kappa shape index (κ3) is 5.00. The lowest BCUT2D eigenvalue weighted by Crippen LogP contribution is -2.30. The Balaban J connectivity index is 1.73. The van der Waals surface area contributed by atoms with Crippen molar-refractivity contribution in [1.29, 1.82) is 0 Å². The van der Waals surface area contributed by atoms with E-state index < -0.39 is 0 Å². The Kier molecular flexibility index (Phi) is 5.71. The number of amides is 2. The van der Waals surface area contributed by atoms with Gasteiger partial charge in [-0.15, -0.1) is 0 Å². The van der Waals surface area contributed by atoms with Crippen LogP contribution in [0.1, 0.15) is 23.7 Å². The van der Waals surface area contributed by atoms with Crippen LogP contribution in [0.4, 0.5) is 10.5 Å². The summed E-state index contributed by atoms with van der Waals surface area (Å²) in [7, 11) is 0. The van der Waals surface area contributed by atoms with Crippen molar-refractivity contribution in [2.24, 2.45) is 0 Å². The van der Waals surface area contributed by atoms with Crippen LogP contribution in [0.5, 0.6) is 0 Å². The SMILES string of the molecule is CC(=O)c1cccc(NC(=O)NCCCn2cc(Br)cn2)c1. The van der Waals surface area contributed by atoms with E-state index in [1.54, 1.807) is 35.1 Å². The van der Waals surface area contributed by atoms with Crippen molar-refractivity contribution in [2.45, 2.75) is 19.9 Å². The lowest BCUT2D eigenvalue weighted by Gasteiger charge is -2.08. The number of ketones is 1. The van der Waals surface area contributed by atoms with Crippen LogP contribution in [0.15, 0.2) is 41.1 Å². The van der Waals surface area contributed by atoms with Gasteiger partial charge in [0.15, 0.2) is 5.78 Å². The van der Waals surface area contributed by atoms with Crippen LogP contribution in [0.25, 0.3) is 0 Å². The van der Waals surface area contributed by atoms with E-state index in [-0.39, 0.29) is 11.8 Å². The molecule has 2 amide bonds. The van der Waals surface area contributed by atoms with Crippen LogP contribution in [0.2, 0.25) is 0 Å². The Morgan fingerprint density at radius 2 is 2.18 bits per heavy atom. The zero-order chi connectivity index (χ0) is 15.9. The van der Waals surface area contributed by atoms with Gasteiger partial charge in [0.1, 0.15) is 0 Å². The number of urea groups is 1. The number of nitrogens with zero attached hydrogens (tertiary/aromatic N) is 2. The second-order valence-corrected chi connectivity index (χ2v) is 5.71. The van der Waals surface area contributed by atoms with Gasteiger partial charge in [-0.1, -0.05) is 12.1 Å². The Bertz CT molecular complexity index is 669. The van der Waals surface area contributed by atoms with Crippen LogP contribution in [-0.2, 0) is 6.54 Å². The van der Waals surface area contributed by atoms with E-state index in [2.05, 4.69) is 31.7 Å². The van der Waals surface area contributed by atoms with Crippen molar-refractivity contribution < 1.29 is 9.59 Å². The molecule has 2 aromatic rings. The molecule has 22 heavy (non-hydrogen) atoms. The molecule has 7 heteroatoms. The summed E-state index contributed by atoms with van der Waals surface area (Å²) in [5.41, 5.74) is 1.17. The highest BCUT2D eigenvalue weighted by Crippen LogP contribution is 2.11. The number of rotatable bonds is 6. The summed E-state index contributed by atoms with van der Waals surface area (Å²) in [6.45, 7) is 2.76. The van der Waals surface area contributed by atoms with E-state index in [0.29, 0.717) is 17.8 Å². The van der Waals surface area contributed by atoms with Crippen LogP contribution >= 0.6 is 15.9 Å². The molecule has 0 saturated heterocycles. The summed E-state index contributed by atoms with van der Waals surface area (Å²) >= 11 is 3.33. The summed E-state index contributed by atoms with van der Waals surface area (Å²) in [4.78, 5) is 23.1. The molecule has 1 aromatic carbocycles. The van der Waals surface area contributed by atoms with Gasteiger partial charge in [-0.25, -0.2) is 4.79 Å². The topological polar surface area (TPSA) is 76.0 Å². The maximum Gasteiger partial charge on any atom is 0.319 e. The predicted octanol–water partition coefficient (Wildman–Crippen LogP) is 3.06. The van der Waals surface area contributed by atoms with Gasteiger partial charge in [-0.3, -0.25) is 9.48 Å². The molecule has 116 valence electrons. The lowest BCUT2D eigenvalue weighted by molar-refractivity contribution is 0.101. The Hall–Kier alpha value is -2.15. The number of nitrogens with one attached hydrogen (secondary N) is 2. The quantitative estimate of drug-likeness (QED) is 0.610. The minimum atomic E-state index is -0.289. The minimum Gasteiger partial charge on any atom is -0.338 e. The molecule has 2 rings (SSSR count). The molecule has 0 fully saturated rings. The number of hydrogen-bond acceptors (Lipinski definition) is 3. The normalized spacial score (nSPS) is 10.3. The van der Waals surface area contributed by atoms with Crippen LogP contribution < -0.4 is 10.6 Å². The van der Waals surface area contributed by atoms with Crippen LogP contribution in [0.3, 0.4) is 0 Å². The van der Waals surface area contributed by atoms with Gasteiger partial charge in [0.25, 0.3) is 0 Å². The fourth-order valence-electron chi connectivity index (χ4n) is 1.89. The fraction of sp³-hybridized carbons (Fsp3) is 0.267. The third-order valence-corrected chi connectivity index (χ3v) is 3.39. The number of benzene rings is 1. The summed E-state index contributed by atoms with van der Waals surface area (Å²) in [5, 5.41) is 9.61. The molecular weight excluding hydrogens is 348 g/mol. The first-order chi connectivity index (χ1) is 10.5. The largest absolute Gasteiger partial charge is 0.338 e. The van der Waals surface area contributed by atoms with Crippen molar-refractivity contribution in [2.75, 3.05) is 11.9 Å². The van der Waals surface area contributed by atoms with E-state index in [1.807, 2.05) is 6.20 Å². The average Bonchev–Trinajstić information content (AvgIpc) is 2.89. The smallest absolute Gasteiger partial charge is 0.319 e. The average molecular weight is 365 g/mol. The summed E-state index contributed by atoms with van der Waals surface area (Å²) < 4.78 is 2.74. The van der Waals surface area contributed by atoms with E-state index >= 15 is 0 Å². The molecule has 0 radical (unpaired) electrons. The number of aromatic nitrogens is 2. The lowest BCUT2D eigenvalue weighted by atomic mass is 10.1. The second kappa shape index (κ2) is 7.74. The molecule has 0 saturated carbocycles. The van der Waals surface area contributed by atoms with Crippen molar-refractivity contribution in [3.8, 4) is 0 Å². The molecule has 0 unspecified atom stereocenters. The van der Waals surface area contributed by atoms with Gasteiger partial charge in [-0.2, -0.15) is 5.10 Å². The fourth-order valence-corrected chi connectivity index (χ4v) is 2.22. The Morgan fingerprint density at radius 1 is 1.36 bits per heavy atom. The first-order valence-electron chi connectivity index (χ1n) is 6.88. The van der Waals surface area contributed by atoms with E-state index in [0.717, 1.165) is 17.4 Å². The van der Waals surface area contributed by atoms with Crippen LogP contribution in [-0.4, -0.2) is 28.1 Å². The first-order valence-corrected chi connectivity index (χ1v) is 7.68. The number of Topliss-reactive ketones (excluding diaryl/α,β-unsaturated/α-hetero) is 1. The summed E-state index contributed by atoms with van der Waals surface area (Å²) in [6.07, 6.45) is 4.38. The standard InChI is InChI=1S/C15H17BrN4O2/c1-11(21)12-4-2-5-14(8-12)19-15(22)17-6-3-7-20-10-13(16)9-18-20/h2,4-5,8-10H,3,6-7H2,1H3,(H2,17,19,22). The maximum atomic E-state index is 11.8. The highest BCUT2D eigenvalue weighted by atomic mass is 79.9. The number of halogens is 1. The number of anilines is 1. The monoisotopic (exact) mass is 364 g/mol. The maximum absolute atomic E-state index is 11.8. The van der Waals surface area contributed by atoms with Gasteiger partial charge in [0.05, 0.1) is 10.7 Å². The number of hydrogen-bond donors (Lipinski definition) is 2. The second-order valence-electron chi connectivity index (χ2n) is 4.79. The Morgan fingerprint density at radius 3 is 2.86 bits per heavy atom. The first kappa shape index (κ1) is 16.2. The molecule has 1 aromatic heterocycles. The minimum absolute atomic E-state index is 0.0329. The molecule has 2 N–H and O–H groups in total. The zero-order valence-corrected chi connectivity index (χ0v) is 13.8. The van der Waals surface area contributed by atoms with Crippen molar-refractivity contribution in [3.63, 3.8) is 0 Å². The molecule has 0 aliphatic heterocycles. The molecule has 0 aliphatic rings. The number of carbonyl (C=O) groups is 2.